The highest BCUT2D eigenvalue weighted by Crippen LogP contribution is 1.96. The van der Waals surface area contributed by atoms with Gasteiger partial charge in [0.1, 0.15) is 0 Å². The van der Waals surface area contributed by atoms with Crippen molar-refractivity contribution in [2.75, 3.05) is 13.1 Å². The molecule has 3 N–H and O–H groups in total. The van der Waals surface area contributed by atoms with Gasteiger partial charge in [-0.3, -0.25) is 4.79 Å². The standard InChI is InChI=1S/C9H20N2O2/c1-7(12)5-10-6-8(13)11-9(2,3)4/h7,10,12H,5-6H2,1-4H3,(H,11,13). The van der Waals surface area contributed by atoms with Gasteiger partial charge in [0.05, 0.1) is 12.6 Å². The van der Waals surface area contributed by atoms with Gasteiger partial charge in [-0.15, -0.1) is 0 Å². The fourth-order valence-electron chi connectivity index (χ4n) is 0.857. The summed E-state index contributed by atoms with van der Waals surface area (Å²) in [5.74, 6) is -0.0480. The van der Waals surface area contributed by atoms with E-state index in [1.807, 2.05) is 20.8 Å². The first-order chi connectivity index (χ1) is 5.81. The van der Waals surface area contributed by atoms with Crippen LogP contribution in [0.2, 0.25) is 0 Å². The van der Waals surface area contributed by atoms with Crippen molar-refractivity contribution >= 4 is 5.91 Å². The van der Waals surface area contributed by atoms with E-state index in [4.69, 9.17) is 5.11 Å². The number of hydrogen-bond acceptors (Lipinski definition) is 3. The third-order valence-electron chi connectivity index (χ3n) is 1.24. The maximum absolute atomic E-state index is 11.2. The average molecular weight is 188 g/mol. The van der Waals surface area contributed by atoms with Crippen LogP contribution in [0.3, 0.4) is 0 Å². The van der Waals surface area contributed by atoms with Gasteiger partial charge in [-0.1, -0.05) is 0 Å². The van der Waals surface area contributed by atoms with E-state index in [2.05, 4.69) is 10.6 Å². The summed E-state index contributed by atoms with van der Waals surface area (Å²) in [6, 6.07) is 0. The monoisotopic (exact) mass is 188 g/mol. The Kier molecular flexibility index (Phi) is 4.95. The summed E-state index contributed by atoms with van der Waals surface area (Å²) >= 11 is 0. The van der Waals surface area contributed by atoms with Gasteiger partial charge in [-0.2, -0.15) is 0 Å². The van der Waals surface area contributed by atoms with Gasteiger partial charge in [-0.25, -0.2) is 0 Å². The number of rotatable bonds is 4. The van der Waals surface area contributed by atoms with Gasteiger partial charge >= 0.3 is 0 Å². The van der Waals surface area contributed by atoms with Crippen LogP contribution in [0.15, 0.2) is 0 Å². The number of carbonyl (C=O) groups excluding carboxylic acids is 1. The SMILES string of the molecule is CC(O)CNCC(=O)NC(C)(C)C. The lowest BCUT2D eigenvalue weighted by atomic mass is 10.1. The number of nitrogens with one attached hydrogen (secondary N) is 2. The van der Waals surface area contributed by atoms with Crippen LogP contribution in [-0.4, -0.2) is 35.7 Å². The molecule has 4 nitrogen and oxygen atoms in total. The zero-order valence-electron chi connectivity index (χ0n) is 8.85. The Balaban J connectivity index is 3.53. The highest BCUT2D eigenvalue weighted by Gasteiger charge is 2.12. The Morgan fingerprint density at radius 2 is 2.00 bits per heavy atom. The minimum absolute atomic E-state index is 0.0480. The molecule has 78 valence electrons. The molecule has 0 aromatic carbocycles. The molecule has 1 atom stereocenters. The molecule has 0 aliphatic carbocycles. The smallest absolute Gasteiger partial charge is 0.234 e. The Bertz CT molecular complexity index is 161. The van der Waals surface area contributed by atoms with E-state index in [-0.39, 0.29) is 18.0 Å². The average Bonchev–Trinajstić information content (AvgIpc) is 1.81. The molecule has 0 saturated carbocycles. The van der Waals surface area contributed by atoms with Crippen molar-refractivity contribution in [1.82, 2.24) is 10.6 Å². The molecule has 0 bridgehead atoms. The highest BCUT2D eigenvalue weighted by atomic mass is 16.3. The molecule has 0 saturated heterocycles. The van der Waals surface area contributed by atoms with Crippen LogP contribution in [-0.2, 0) is 4.79 Å². The Hall–Kier alpha value is -0.610. The summed E-state index contributed by atoms with van der Waals surface area (Å²) in [6.45, 7) is 8.16. The lowest BCUT2D eigenvalue weighted by molar-refractivity contribution is -0.121. The van der Waals surface area contributed by atoms with E-state index in [1.54, 1.807) is 6.92 Å². The highest BCUT2D eigenvalue weighted by molar-refractivity contribution is 5.78. The molecule has 0 fully saturated rings. The van der Waals surface area contributed by atoms with Crippen LogP contribution in [0.1, 0.15) is 27.7 Å². The molecule has 4 heteroatoms. The van der Waals surface area contributed by atoms with Crippen LogP contribution in [0.4, 0.5) is 0 Å². The molecular weight excluding hydrogens is 168 g/mol. The largest absolute Gasteiger partial charge is 0.392 e. The summed E-state index contributed by atoms with van der Waals surface area (Å²) < 4.78 is 0. The Morgan fingerprint density at radius 1 is 1.46 bits per heavy atom. The second-order valence-electron chi connectivity index (χ2n) is 4.28. The van der Waals surface area contributed by atoms with Crippen molar-refractivity contribution in [1.29, 1.82) is 0 Å². The predicted octanol–water partition coefficient (Wildman–Crippen LogP) is -0.128. The molecule has 0 aliphatic rings. The Morgan fingerprint density at radius 3 is 2.38 bits per heavy atom. The second kappa shape index (κ2) is 5.19. The fraction of sp³-hybridized carbons (Fsp3) is 0.889. The van der Waals surface area contributed by atoms with Crippen molar-refractivity contribution in [3.05, 3.63) is 0 Å². The molecule has 1 amide bonds. The van der Waals surface area contributed by atoms with Crippen LogP contribution >= 0.6 is 0 Å². The molecule has 0 aromatic rings. The molecule has 0 radical (unpaired) electrons. The first-order valence-corrected chi connectivity index (χ1v) is 4.51. The zero-order chi connectivity index (χ0) is 10.5. The zero-order valence-corrected chi connectivity index (χ0v) is 8.85. The minimum Gasteiger partial charge on any atom is -0.392 e. The van der Waals surface area contributed by atoms with E-state index in [0.717, 1.165) is 0 Å². The molecule has 0 aliphatic heterocycles. The maximum atomic E-state index is 11.2. The van der Waals surface area contributed by atoms with Crippen LogP contribution in [0.25, 0.3) is 0 Å². The first kappa shape index (κ1) is 12.4. The van der Waals surface area contributed by atoms with Crippen molar-refractivity contribution in [3.8, 4) is 0 Å². The number of aliphatic hydroxyl groups is 1. The van der Waals surface area contributed by atoms with Gasteiger partial charge in [0.15, 0.2) is 0 Å². The van der Waals surface area contributed by atoms with E-state index in [0.29, 0.717) is 6.54 Å². The summed E-state index contributed by atoms with van der Waals surface area (Å²) in [5.41, 5.74) is -0.191. The summed E-state index contributed by atoms with van der Waals surface area (Å²) in [6.07, 6.45) is -0.414. The first-order valence-electron chi connectivity index (χ1n) is 4.51. The molecular formula is C9H20N2O2. The number of carbonyl (C=O) groups is 1. The van der Waals surface area contributed by atoms with Gasteiger partial charge < -0.3 is 15.7 Å². The Labute approximate surface area is 79.7 Å². The predicted molar refractivity (Wildman–Crippen MR) is 52.4 cm³/mol. The van der Waals surface area contributed by atoms with Crippen molar-refractivity contribution in [3.63, 3.8) is 0 Å². The molecule has 0 spiro atoms. The fourth-order valence-corrected chi connectivity index (χ4v) is 0.857. The molecule has 13 heavy (non-hydrogen) atoms. The normalized spacial score (nSPS) is 13.9. The summed E-state index contributed by atoms with van der Waals surface area (Å²) in [5, 5.41) is 14.6. The summed E-state index contributed by atoms with van der Waals surface area (Å²) in [7, 11) is 0. The maximum Gasteiger partial charge on any atom is 0.234 e. The van der Waals surface area contributed by atoms with Gasteiger partial charge in [-0.05, 0) is 27.7 Å². The number of amides is 1. The molecule has 0 aromatic heterocycles. The van der Waals surface area contributed by atoms with E-state index < -0.39 is 6.10 Å². The molecule has 0 heterocycles. The lowest BCUT2D eigenvalue weighted by Crippen LogP contribution is -2.45. The third-order valence-corrected chi connectivity index (χ3v) is 1.24. The lowest BCUT2D eigenvalue weighted by Gasteiger charge is -2.20. The van der Waals surface area contributed by atoms with Crippen molar-refractivity contribution in [2.45, 2.75) is 39.3 Å². The van der Waals surface area contributed by atoms with E-state index in [9.17, 15) is 4.79 Å². The number of hydrogen-bond donors (Lipinski definition) is 3. The molecule has 0 rings (SSSR count). The summed E-state index contributed by atoms with van der Waals surface area (Å²) in [4.78, 5) is 11.2. The third kappa shape index (κ3) is 9.30. The molecule has 1 unspecified atom stereocenters. The van der Waals surface area contributed by atoms with Crippen molar-refractivity contribution < 1.29 is 9.90 Å². The topological polar surface area (TPSA) is 61.4 Å². The van der Waals surface area contributed by atoms with Gasteiger partial charge in [0, 0.05) is 12.1 Å². The van der Waals surface area contributed by atoms with Crippen LogP contribution in [0, 0.1) is 0 Å². The van der Waals surface area contributed by atoms with E-state index >= 15 is 0 Å². The van der Waals surface area contributed by atoms with Gasteiger partial charge in [0.2, 0.25) is 5.91 Å². The number of aliphatic hydroxyl groups excluding tert-OH is 1. The van der Waals surface area contributed by atoms with Gasteiger partial charge in [0.25, 0.3) is 0 Å². The van der Waals surface area contributed by atoms with E-state index in [1.165, 1.54) is 0 Å². The quantitative estimate of drug-likeness (QED) is 0.576. The minimum atomic E-state index is -0.414. The van der Waals surface area contributed by atoms with Crippen LogP contribution in [0.5, 0.6) is 0 Å². The van der Waals surface area contributed by atoms with Crippen molar-refractivity contribution in [2.24, 2.45) is 0 Å². The second-order valence-corrected chi connectivity index (χ2v) is 4.28. The van der Waals surface area contributed by atoms with Crippen LogP contribution < -0.4 is 10.6 Å².